The molecule has 0 spiro atoms. The summed E-state index contributed by atoms with van der Waals surface area (Å²) in [6.45, 7) is 13.4. The number of hydrogen-bond acceptors (Lipinski definition) is 2. The Bertz CT molecular complexity index is 343. The van der Waals surface area contributed by atoms with Crippen LogP contribution in [-0.4, -0.2) is 12.1 Å². The van der Waals surface area contributed by atoms with E-state index in [1.807, 2.05) is 0 Å². The van der Waals surface area contributed by atoms with Crippen molar-refractivity contribution in [3.8, 4) is 0 Å². The lowest BCUT2D eigenvalue weighted by molar-refractivity contribution is -0.153. The molecule has 2 aliphatic carbocycles. The van der Waals surface area contributed by atoms with Crippen LogP contribution >= 0.6 is 0 Å². The van der Waals surface area contributed by atoms with E-state index in [4.69, 9.17) is 4.74 Å². The highest BCUT2D eigenvalue weighted by atomic mass is 16.5. The van der Waals surface area contributed by atoms with Gasteiger partial charge in [0.15, 0.2) is 0 Å². The van der Waals surface area contributed by atoms with Crippen molar-refractivity contribution < 1.29 is 9.53 Å². The Balaban J connectivity index is 2.22. The quantitative estimate of drug-likeness (QED) is 0.658. The number of fused-ring (bicyclic) bond motifs is 1. The average Bonchev–Trinajstić information content (AvgIpc) is 2.39. The van der Waals surface area contributed by atoms with E-state index in [0.717, 1.165) is 24.7 Å². The lowest BCUT2D eigenvalue weighted by atomic mass is 9.60. The molecule has 2 fully saturated rings. The minimum absolute atomic E-state index is 0.127. The molecule has 4 unspecified atom stereocenters. The van der Waals surface area contributed by atoms with E-state index in [0.29, 0.717) is 16.7 Å². The second kappa shape index (κ2) is 4.25. The zero-order valence-electron chi connectivity index (χ0n) is 12.7. The molecule has 2 heteroatoms. The van der Waals surface area contributed by atoms with E-state index in [1.165, 1.54) is 13.3 Å². The van der Waals surface area contributed by atoms with Crippen LogP contribution in [0.15, 0.2) is 0 Å². The number of esters is 1. The molecule has 4 atom stereocenters. The molecule has 2 aliphatic rings. The Morgan fingerprint density at radius 3 is 2.28 bits per heavy atom. The van der Waals surface area contributed by atoms with Crippen molar-refractivity contribution in [3.05, 3.63) is 0 Å². The molecule has 0 amide bonds. The Hall–Kier alpha value is -0.530. The molecule has 0 aromatic rings. The second-order valence-corrected chi connectivity index (χ2v) is 7.83. The third-order valence-electron chi connectivity index (χ3n) is 5.93. The van der Waals surface area contributed by atoms with Crippen molar-refractivity contribution in [2.45, 2.75) is 66.9 Å². The molecular formula is C16H28O2. The van der Waals surface area contributed by atoms with Gasteiger partial charge in [-0.2, -0.15) is 0 Å². The number of ether oxygens (including phenoxy) is 1. The first-order valence-electron chi connectivity index (χ1n) is 7.32. The van der Waals surface area contributed by atoms with Crippen LogP contribution < -0.4 is 0 Å². The van der Waals surface area contributed by atoms with E-state index in [1.54, 1.807) is 0 Å². The largest absolute Gasteiger partial charge is 0.463 e. The van der Waals surface area contributed by atoms with Gasteiger partial charge in [-0.05, 0) is 47.8 Å². The number of hydrogen-bond donors (Lipinski definition) is 0. The molecule has 2 nitrogen and oxygen atoms in total. The van der Waals surface area contributed by atoms with Gasteiger partial charge in [-0.1, -0.05) is 34.6 Å². The summed E-state index contributed by atoms with van der Waals surface area (Å²) in [6, 6.07) is 0. The zero-order valence-corrected chi connectivity index (χ0v) is 12.7. The molecule has 0 aromatic carbocycles. The minimum atomic E-state index is -0.127. The van der Waals surface area contributed by atoms with Crippen molar-refractivity contribution in [2.24, 2.45) is 28.6 Å². The lowest BCUT2D eigenvalue weighted by Gasteiger charge is -2.47. The third-order valence-corrected chi connectivity index (χ3v) is 5.93. The van der Waals surface area contributed by atoms with Gasteiger partial charge in [0.25, 0.3) is 0 Å². The maximum Gasteiger partial charge on any atom is 0.302 e. The van der Waals surface area contributed by atoms with E-state index >= 15 is 0 Å². The van der Waals surface area contributed by atoms with Gasteiger partial charge < -0.3 is 4.74 Å². The van der Waals surface area contributed by atoms with Crippen molar-refractivity contribution >= 4 is 5.97 Å². The summed E-state index contributed by atoms with van der Waals surface area (Å²) >= 11 is 0. The smallest absolute Gasteiger partial charge is 0.302 e. The maximum atomic E-state index is 11.2. The molecular weight excluding hydrogens is 224 g/mol. The predicted molar refractivity (Wildman–Crippen MR) is 73.1 cm³/mol. The van der Waals surface area contributed by atoms with Gasteiger partial charge in [0.2, 0.25) is 0 Å². The van der Waals surface area contributed by atoms with Crippen LogP contribution in [0.4, 0.5) is 0 Å². The second-order valence-electron chi connectivity index (χ2n) is 7.83. The van der Waals surface area contributed by atoms with Gasteiger partial charge in [0, 0.05) is 6.92 Å². The van der Waals surface area contributed by atoms with Crippen LogP contribution in [0.5, 0.6) is 0 Å². The number of rotatable bonds is 1. The Kier molecular flexibility index (Phi) is 3.28. The molecule has 0 aromatic heterocycles. The van der Waals surface area contributed by atoms with Gasteiger partial charge in [-0.15, -0.1) is 0 Å². The zero-order chi connectivity index (χ0) is 13.7. The predicted octanol–water partition coefficient (Wildman–Crippen LogP) is 4.04. The van der Waals surface area contributed by atoms with Crippen LogP contribution in [0.1, 0.15) is 60.8 Å². The van der Waals surface area contributed by atoms with Gasteiger partial charge in [-0.25, -0.2) is 0 Å². The topological polar surface area (TPSA) is 26.3 Å². The Morgan fingerprint density at radius 2 is 1.72 bits per heavy atom. The fourth-order valence-corrected chi connectivity index (χ4v) is 4.49. The average molecular weight is 252 g/mol. The van der Waals surface area contributed by atoms with Crippen LogP contribution in [0, 0.1) is 28.6 Å². The van der Waals surface area contributed by atoms with Crippen LogP contribution in [0.3, 0.4) is 0 Å². The molecule has 18 heavy (non-hydrogen) atoms. The van der Waals surface area contributed by atoms with E-state index in [9.17, 15) is 4.79 Å². The minimum Gasteiger partial charge on any atom is -0.463 e. The van der Waals surface area contributed by atoms with Crippen LogP contribution in [0.2, 0.25) is 0 Å². The third kappa shape index (κ3) is 2.19. The highest BCUT2D eigenvalue weighted by Crippen LogP contribution is 2.61. The first kappa shape index (κ1) is 13.9. The molecule has 0 aliphatic heterocycles. The highest BCUT2D eigenvalue weighted by molar-refractivity contribution is 5.66. The number of carbonyl (C=O) groups is 1. The highest BCUT2D eigenvalue weighted by Gasteiger charge is 2.55. The summed E-state index contributed by atoms with van der Waals surface area (Å²) in [4.78, 5) is 11.2. The lowest BCUT2D eigenvalue weighted by Crippen LogP contribution is -2.43. The monoisotopic (exact) mass is 252 g/mol. The first-order valence-corrected chi connectivity index (χ1v) is 7.32. The normalized spacial score (nSPS) is 41.2. The molecule has 2 saturated carbocycles. The van der Waals surface area contributed by atoms with Gasteiger partial charge in [0.1, 0.15) is 6.10 Å². The van der Waals surface area contributed by atoms with E-state index in [2.05, 4.69) is 34.6 Å². The standard InChI is InChI=1S/C16H28O2/c1-10-7-13-14(16(10,5)6)8-12(18-11(2)17)9-15(13,3)4/h10,12-14H,7-9H2,1-6H3. The van der Waals surface area contributed by atoms with Crippen LogP contribution in [-0.2, 0) is 9.53 Å². The molecule has 0 heterocycles. The Labute approximate surface area is 111 Å². The SMILES string of the molecule is CC(=O)OC1CC2C(CC(C)C2(C)C)C(C)(C)C1. The fourth-order valence-electron chi connectivity index (χ4n) is 4.49. The van der Waals surface area contributed by atoms with Gasteiger partial charge >= 0.3 is 5.97 Å². The van der Waals surface area contributed by atoms with E-state index < -0.39 is 0 Å². The van der Waals surface area contributed by atoms with Gasteiger partial charge in [-0.3, -0.25) is 4.79 Å². The summed E-state index contributed by atoms with van der Waals surface area (Å²) in [5, 5.41) is 0. The number of carbonyl (C=O) groups excluding carboxylic acids is 1. The molecule has 0 bridgehead atoms. The summed E-state index contributed by atoms with van der Waals surface area (Å²) < 4.78 is 5.52. The molecule has 2 rings (SSSR count). The summed E-state index contributed by atoms with van der Waals surface area (Å²) in [5.41, 5.74) is 0.672. The molecule has 0 radical (unpaired) electrons. The molecule has 0 saturated heterocycles. The summed E-state index contributed by atoms with van der Waals surface area (Å²) in [7, 11) is 0. The van der Waals surface area contributed by atoms with Crippen molar-refractivity contribution in [1.82, 2.24) is 0 Å². The summed E-state index contributed by atoms with van der Waals surface area (Å²) in [5.74, 6) is 2.12. The molecule has 0 N–H and O–H groups in total. The van der Waals surface area contributed by atoms with Gasteiger partial charge in [0.05, 0.1) is 0 Å². The molecule has 104 valence electrons. The maximum absolute atomic E-state index is 11.2. The van der Waals surface area contributed by atoms with Crippen molar-refractivity contribution in [1.29, 1.82) is 0 Å². The fraction of sp³-hybridized carbons (Fsp3) is 0.938. The van der Waals surface area contributed by atoms with E-state index in [-0.39, 0.29) is 12.1 Å². The van der Waals surface area contributed by atoms with Crippen molar-refractivity contribution in [2.75, 3.05) is 0 Å². The Morgan fingerprint density at radius 1 is 1.11 bits per heavy atom. The first-order chi connectivity index (χ1) is 8.14. The van der Waals surface area contributed by atoms with Crippen LogP contribution in [0.25, 0.3) is 0 Å². The summed E-state index contributed by atoms with van der Waals surface area (Å²) in [6.07, 6.45) is 3.54. The van der Waals surface area contributed by atoms with Crippen molar-refractivity contribution in [3.63, 3.8) is 0 Å².